The second-order valence-electron chi connectivity index (χ2n) is 4.32. The standard InChI is InChI=1S/C13H13N5S/c1-8-2-3-9-6-10(4-5-11(9)16-8)13(17-14)12-7-15-18-19-12/h2-7,13,17H,14H2,1H3. The number of rotatable bonds is 3. The number of aryl methyl sites for hydroxylation is 1. The number of aromatic nitrogens is 3. The first-order valence-corrected chi connectivity index (χ1v) is 6.66. The zero-order valence-corrected chi connectivity index (χ0v) is 11.2. The third-order valence-electron chi connectivity index (χ3n) is 3.02. The lowest BCUT2D eigenvalue weighted by atomic mass is 10.0. The van der Waals surface area contributed by atoms with Crippen molar-refractivity contribution in [2.75, 3.05) is 0 Å². The van der Waals surface area contributed by atoms with Gasteiger partial charge >= 0.3 is 0 Å². The van der Waals surface area contributed by atoms with E-state index in [1.807, 2.05) is 25.1 Å². The third-order valence-corrected chi connectivity index (χ3v) is 3.74. The van der Waals surface area contributed by atoms with Crippen LogP contribution in [0.2, 0.25) is 0 Å². The molecule has 96 valence electrons. The van der Waals surface area contributed by atoms with Crippen LogP contribution < -0.4 is 11.3 Å². The molecule has 6 heteroatoms. The Morgan fingerprint density at radius 1 is 1.26 bits per heavy atom. The first-order valence-electron chi connectivity index (χ1n) is 5.88. The fourth-order valence-electron chi connectivity index (χ4n) is 2.07. The van der Waals surface area contributed by atoms with Crippen LogP contribution in [0.4, 0.5) is 0 Å². The van der Waals surface area contributed by atoms with Crippen LogP contribution in [0.3, 0.4) is 0 Å². The highest BCUT2D eigenvalue weighted by Crippen LogP contribution is 2.25. The van der Waals surface area contributed by atoms with Gasteiger partial charge in [-0.2, -0.15) is 0 Å². The van der Waals surface area contributed by atoms with Crippen molar-refractivity contribution >= 4 is 22.4 Å². The Balaban J connectivity index is 2.07. The highest BCUT2D eigenvalue weighted by molar-refractivity contribution is 7.05. The van der Waals surface area contributed by atoms with Crippen molar-refractivity contribution in [2.45, 2.75) is 13.0 Å². The van der Waals surface area contributed by atoms with Gasteiger partial charge in [0.15, 0.2) is 0 Å². The van der Waals surface area contributed by atoms with Gasteiger partial charge in [-0.3, -0.25) is 10.8 Å². The quantitative estimate of drug-likeness (QED) is 0.562. The smallest absolute Gasteiger partial charge is 0.0835 e. The molecular weight excluding hydrogens is 258 g/mol. The average Bonchev–Trinajstić information content (AvgIpc) is 2.93. The molecule has 1 unspecified atom stereocenters. The Hall–Kier alpha value is -1.89. The Bertz CT molecular complexity index is 695. The molecule has 3 aromatic rings. The number of pyridine rings is 1. The zero-order valence-electron chi connectivity index (χ0n) is 10.4. The molecule has 0 radical (unpaired) electrons. The molecule has 0 aliphatic rings. The number of nitrogens with one attached hydrogen (secondary N) is 1. The number of fused-ring (bicyclic) bond motifs is 1. The van der Waals surface area contributed by atoms with E-state index in [9.17, 15) is 0 Å². The van der Waals surface area contributed by atoms with Crippen LogP contribution >= 0.6 is 11.5 Å². The minimum atomic E-state index is -0.0919. The number of nitrogens with two attached hydrogens (primary N) is 1. The van der Waals surface area contributed by atoms with E-state index in [1.54, 1.807) is 6.20 Å². The number of hydrogen-bond acceptors (Lipinski definition) is 6. The lowest BCUT2D eigenvalue weighted by Gasteiger charge is -2.14. The van der Waals surface area contributed by atoms with Gasteiger partial charge in [0, 0.05) is 11.1 Å². The number of hydrazine groups is 1. The molecule has 3 N–H and O–H groups in total. The van der Waals surface area contributed by atoms with Crippen LogP contribution in [0.1, 0.15) is 22.2 Å². The molecule has 0 aliphatic heterocycles. The van der Waals surface area contributed by atoms with Crippen LogP contribution in [-0.2, 0) is 0 Å². The minimum Gasteiger partial charge on any atom is -0.271 e. The highest BCUT2D eigenvalue weighted by Gasteiger charge is 2.15. The maximum absolute atomic E-state index is 5.65. The van der Waals surface area contributed by atoms with Gasteiger partial charge in [-0.05, 0) is 42.2 Å². The number of benzene rings is 1. The summed E-state index contributed by atoms with van der Waals surface area (Å²) in [4.78, 5) is 5.48. The van der Waals surface area contributed by atoms with E-state index in [0.717, 1.165) is 27.0 Å². The normalized spacial score (nSPS) is 12.7. The maximum atomic E-state index is 5.65. The first kappa shape index (κ1) is 12.2. The monoisotopic (exact) mass is 271 g/mol. The Morgan fingerprint density at radius 3 is 2.89 bits per heavy atom. The SMILES string of the molecule is Cc1ccc2cc(C(NN)c3cnns3)ccc2n1. The lowest BCUT2D eigenvalue weighted by Crippen LogP contribution is -2.28. The Labute approximate surface area is 114 Å². The fraction of sp³-hybridized carbons (Fsp3) is 0.154. The van der Waals surface area contributed by atoms with Gasteiger partial charge < -0.3 is 0 Å². The molecule has 2 heterocycles. The van der Waals surface area contributed by atoms with E-state index < -0.39 is 0 Å². The van der Waals surface area contributed by atoms with E-state index >= 15 is 0 Å². The van der Waals surface area contributed by atoms with E-state index in [0.29, 0.717) is 0 Å². The molecule has 2 aromatic heterocycles. The van der Waals surface area contributed by atoms with Gasteiger partial charge in [0.25, 0.3) is 0 Å². The summed E-state index contributed by atoms with van der Waals surface area (Å²) >= 11 is 1.34. The molecule has 19 heavy (non-hydrogen) atoms. The van der Waals surface area contributed by atoms with Crippen LogP contribution in [0.5, 0.6) is 0 Å². The van der Waals surface area contributed by atoms with Crippen LogP contribution in [0, 0.1) is 6.92 Å². The van der Waals surface area contributed by atoms with Crippen molar-refractivity contribution in [1.29, 1.82) is 0 Å². The minimum absolute atomic E-state index is 0.0919. The van der Waals surface area contributed by atoms with Crippen molar-refractivity contribution in [1.82, 2.24) is 20.0 Å². The summed E-state index contributed by atoms with van der Waals surface area (Å²) in [6.45, 7) is 1.99. The van der Waals surface area contributed by atoms with Crippen LogP contribution in [-0.4, -0.2) is 14.6 Å². The van der Waals surface area contributed by atoms with Gasteiger partial charge in [0.05, 0.1) is 22.6 Å². The zero-order chi connectivity index (χ0) is 13.2. The summed E-state index contributed by atoms with van der Waals surface area (Å²) in [5, 5.41) is 4.95. The summed E-state index contributed by atoms with van der Waals surface area (Å²) in [5.41, 5.74) is 5.88. The van der Waals surface area contributed by atoms with Crippen molar-refractivity contribution in [3.05, 3.63) is 52.7 Å². The van der Waals surface area contributed by atoms with Gasteiger partial charge in [0.1, 0.15) is 0 Å². The third kappa shape index (κ3) is 2.33. The molecule has 5 nitrogen and oxygen atoms in total. The van der Waals surface area contributed by atoms with Crippen molar-refractivity contribution in [3.8, 4) is 0 Å². The van der Waals surface area contributed by atoms with E-state index in [2.05, 4.69) is 32.1 Å². The van der Waals surface area contributed by atoms with Gasteiger partial charge in [0.2, 0.25) is 0 Å². The molecule has 0 spiro atoms. The summed E-state index contributed by atoms with van der Waals surface area (Å²) in [6, 6.07) is 10.1. The summed E-state index contributed by atoms with van der Waals surface area (Å²) in [5.74, 6) is 5.65. The highest BCUT2D eigenvalue weighted by atomic mass is 32.1. The van der Waals surface area contributed by atoms with Gasteiger partial charge in [-0.1, -0.05) is 16.6 Å². The largest absolute Gasteiger partial charge is 0.271 e. The lowest BCUT2D eigenvalue weighted by molar-refractivity contribution is 0.646. The van der Waals surface area contributed by atoms with E-state index in [4.69, 9.17) is 5.84 Å². The fourth-order valence-corrected chi connectivity index (χ4v) is 2.66. The van der Waals surface area contributed by atoms with Crippen molar-refractivity contribution in [3.63, 3.8) is 0 Å². The van der Waals surface area contributed by atoms with E-state index in [1.165, 1.54) is 11.5 Å². The predicted molar refractivity (Wildman–Crippen MR) is 75.6 cm³/mol. The Kier molecular flexibility index (Phi) is 3.20. The first-order chi connectivity index (χ1) is 9.28. The summed E-state index contributed by atoms with van der Waals surface area (Å²) < 4.78 is 3.87. The topological polar surface area (TPSA) is 76.7 Å². The van der Waals surface area contributed by atoms with Crippen molar-refractivity contribution in [2.24, 2.45) is 5.84 Å². The van der Waals surface area contributed by atoms with Crippen LogP contribution in [0.15, 0.2) is 36.5 Å². The molecule has 3 rings (SSSR count). The van der Waals surface area contributed by atoms with E-state index in [-0.39, 0.29) is 6.04 Å². The molecule has 0 aliphatic carbocycles. The predicted octanol–water partition coefficient (Wildman–Crippen LogP) is 1.95. The molecule has 0 bridgehead atoms. The molecule has 0 fully saturated rings. The number of nitrogens with zero attached hydrogens (tertiary/aromatic N) is 3. The molecule has 0 amide bonds. The Morgan fingerprint density at radius 2 is 2.16 bits per heavy atom. The van der Waals surface area contributed by atoms with Gasteiger partial charge in [-0.25, -0.2) is 5.43 Å². The molecular formula is C13H13N5S. The second-order valence-corrected chi connectivity index (χ2v) is 5.14. The summed E-state index contributed by atoms with van der Waals surface area (Å²) in [7, 11) is 0. The molecule has 1 atom stereocenters. The second kappa shape index (κ2) is 5.00. The molecule has 0 saturated heterocycles. The van der Waals surface area contributed by atoms with Gasteiger partial charge in [-0.15, -0.1) is 5.10 Å². The average molecular weight is 271 g/mol. The summed E-state index contributed by atoms with van der Waals surface area (Å²) in [6.07, 6.45) is 1.73. The van der Waals surface area contributed by atoms with Crippen LogP contribution in [0.25, 0.3) is 10.9 Å². The molecule has 0 saturated carbocycles. The maximum Gasteiger partial charge on any atom is 0.0835 e. The van der Waals surface area contributed by atoms with Crippen molar-refractivity contribution < 1.29 is 0 Å². The number of hydrogen-bond donors (Lipinski definition) is 2. The molecule has 1 aromatic carbocycles.